The summed E-state index contributed by atoms with van der Waals surface area (Å²) in [6.07, 6.45) is 10.1. The fourth-order valence-electron chi connectivity index (χ4n) is 2.73. The Labute approximate surface area is 110 Å². The molecule has 1 N–H and O–H groups in total. The summed E-state index contributed by atoms with van der Waals surface area (Å²) >= 11 is 1.86. The van der Waals surface area contributed by atoms with Gasteiger partial charge in [0.05, 0.1) is 0 Å². The zero-order valence-electron chi connectivity index (χ0n) is 11.0. The molecule has 0 bridgehead atoms. The Morgan fingerprint density at radius 2 is 1.94 bits per heavy atom. The molecule has 1 aromatic rings. The highest BCUT2D eigenvalue weighted by Crippen LogP contribution is 2.23. The predicted octanol–water partition coefficient (Wildman–Crippen LogP) is 4.76. The summed E-state index contributed by atoms with van der Waals surface area (Å²) in [6, 6.07) is 4.91. The third-order valence-electron chi connectivity index (χ3n) is 3.91. The number of rotatable bonds is 4. The lowest BCUT2D eigenvalue weighted by Gasteiger charge is -2.22. The van der Waals surface area contributed by atoms with Gasteiger partial charge in [0.2, 0.25) is 0 Å². The second kappa shape index (κ2) is 7.17. The van der Waals surface area contributed by atoms with E-state index >= 15 is 0 Å². The van der Waals surface area contributed by atoms with Crippen LogP contribution in [0.2, 0.25) is 0 Å². The maximum atomic E-state index is 3.71. The van der Waals surface area contributed by atoms with Crippen LogP contribution in [0.4, 0.5) is 0 Å². The second-order valence-electron chi connectivity index (χ2n) is 5.36. The average molecular weight is 251 g/mol. The topological polar surface area (TPSA) is 12.0 Å². The van der Waals surface area contributed by atoms with E-state index in [1.807, 2.05) is 11.3 Å². The van der Waals surface area contributed by atoms with Crippen molar-refractivity contribution in [3.63, 3.8) is 0 Å². The molecule has 2 rings (SSSR count). The lowest BCUT2D eigenvalue weighted by atomic mass is 9.91. The zero-order chi connectivity index (χ0) is 11.9. The molecule has 1 aliphatic carbocycles. The fourth-order valence-corrected chi connectivity index (χ4v) is 3.49. The van der Waals surface area contributed by atoms with Crippen LogP contribution in [-0.2, 0) is 0 Å². The van der Waals surface area contributed by atoms with E-state index in [2.05, 4.69) is 29.8 Å². The van der Waals surface area contributed by atoms with E-state index in [0.717, 1.165) is 5.92 Å². The molecule has 0 amide bonds. The van der Waals surface area contributed by atoms with Crippen molar-refractivity contribution in [1.29, 1.82) is 0 Å². The normalized spacial score (nSPS) is 20.8. The van der Waals surface area contributed by atoms with Crippen molar-refractivity contribution < 1.29 is 0 Å². The van der Waals surface area contributed by atoms with Crippen LogP contribution in [0, 0.1) is 5.92 Å². The van der Waals surface area contributed by atoms with Crippen molar-refractivity contribution in [2.75, 3.05) is 6.54 Å². The van der Waals surface area contributed by atoms with Gasteiger partial charge in [-0.15, -0.1) is 11.3 Å². The standard InChI is InChI=1S/C15H25NS/c1-13(15-10-7-11-17-15)16-12-14-8-5-3-2-4-6-9-14/h7,10-11,13-14,16H,2-6,8-9,12H2,1H3/t13-/m0/s1. The first-order valence-electron chi connectivity index (χ1n) is 7.13. The highest BCUT2D eigenvalue weighted by molar-refractivity contribution is 7.10. The van der Waals surface area contributed by atoms with Gasteiger partial charge in [-0.25, -0.2) is 0 Å². The van der Waals surface area contributed by atoms with E-state index in [4.69, 9.17) is 0 Å². The summed E-state index contributed by atoms with van der Waals surface area (Å²) in [5.41, 5.74) is 0. The molecule has 96 valence electrons. The van der Waals surface area contributed by atoms with Gasteiger partial charge < -0.3 is 5.32 Å². The second-order valence-corrected chi connectivity index (χ2v) is 6.34. The molecule has 1 aliphatic rings. The minimum Gasteiger partial charge on any atom is -0.309 e. The van der Waals surface area contributed by atoms with Gasteiger partial charge in [0, 0.05) is 10.9 Å². The molecule has 17 heavy (non-hydrogen) atoms. The van der Waals surface area contributed by atoms with Gasteiger partial charge in [-0.1, -0.05) is 38.2 Å². The van der Waals surface area contributed by atoms with Crippen molar-refractivity contribution in [2.24, 2.45) is 5.92 Å². The van der Waals surface area contributed by atoms with Crippen LogP contribution in [0.5, 0.6) is 0 Å². The Morgan fingerprint density at radius 3 is 2.59 bits per heavy atom. The maximum absolute atomic E-state index is 3.71. The van der Waals surface area contributed by atoms with E-state index < -0.39 is 0 Å². The van der Waals surface area contributed by atoms with E-state index in [9.17, 15) is 0 Å². The van der Waals surface area contributed by atoms with Crippen LogP contribution in [0.1, 0.15) is 62.8 Å². The van der Waals surface area contributed by atoms with Gasteiger partial charge in [-0.2, -0.15) is 0 Å². The summed E-state index contributed by atoms with van der Waals surface area (Å²) in [5, 5.41) is 5.88. The first-order valence-corrected chi connectivity index (χ1v) is 8.01. The monoisotopic (exact) mass is 251 g/mol. The quantitative estimate of drug-likeness (QED) is 0.813. The molecule has 1 saturated carbocycles. The highest BCUT2D eigenvalue weighted by atomic mass is 32.1. The lowest BCUT2D eigenvalue weighted by molar-refractivity contribution is 0.350. The Kier molecular flexibility index (Phi) is 5.53. The van der Waals surface area contributed by atoms with E-state index in [1.165, 1.54) is 56.4 Å². The molecular weight excluding hydrogens is 226 g/mol. The van der Waals surface area contributed by atoms with Crippen molar-refractivity contribution >= 4 is 11.3 Å². The summed E-state index contributed by atoms with van der Waals surface area (Å²) in [4.78, 5) is 1.47. The number of nitrogens with one attached hydrogen (secondary N) is 1. The van der Waals surface area contributed by atoms with Crippen LogP contribution in [0.3, 0.4) is 0 Å². The third kappa shape index (κ3) is 4.44. The third-order valence-corrected chi connectivity index (χ3v) is 4.96. The summed E-state index contributed by atoms with van der Waals surface area (Å²) in [7, 11) is 0. The molecular formula is C15H25NS. The highest BCUT2D eigenvalue weighted by Gasteiger charge is 2.13. The first-order chi connectivity index (χ1) is 8.36. The van der Waals surface area contributed by atoms with Gasteiger partial charge in [0.15, 0.2) is 0 Å². The van der Waals surface area contributed by atoms with E-state index in [0.29, 0.717) is 6.04 Å². The van der Waals surface area contributed by atoms with Crippen LogP contribution in [0.25, 0.3) is 0 Å². The fraction of sp³-hybridized carbons (Fsp3) is 0.733. The molecule has 1 nitrogen and oxygen atoms in total. The molecule has 1 atom stereocenters. The Hall–Kier alpha value is -0.340. The maximum Gasteiger partial charge on any atom is 0.0386 e. The summed E-state index contributed by atoms with van der Waals surface area (Å²) < 4.78 is 0. The number of thiophene rings is 1. The molecule has 0 spiro atoms. The van der Waals surface area contributed by atoms with Crippen molar-refractivity contribution in [2.45, 2.75) is 57.9 Å². The number of hydrogen-bond donors (Lipinski definition) is 1. The minimum absolute atomic E-state index is 0.528. The zero-order valence-corrected chi connectivity index (χ0v) is 11.8. The summed E-state index contributed by atoms with van der Waals surface area (Å²) in [5.74, 6) is 0.915. The predicted molar refractivity (Wildman–Crippen MR) is 76.5 cm³/mol. The molecule has 1 fully saturated rings. The smallest absolute Gasteiger partial charge is 0.0386 e. The molecule has 1 aromatic heterocycles. The van der Waals surface area contributed by atoms with E-state index in [-0.39, 0.29) is 0 Å². The molecule has 2 heteroatoms. The molecule has 0 radical (unpaired) electrons. The molecule has 0 unspecified atom stereocenters. The van der Waals surface area contributed by atoms with Crippen LogP contribution in [0.15, 0.2) is 17.5 Å². The van der Waals surface area contributed by atoms with Crippen LogP contribution < -0.4 is 5.32 Å². The largest absolute Gasteiger partial charge is 0.309 e. The van der Waals surface area contributed by atoms with E-state index in [1.54, 1.807) is 0 Å². The lowest BCUT2D eigenvalue weighted by Crippen LogP contribution is -2.25. The van der Waals surface area contributed by atoms with Gasteiger partial charge in [0.25, 0.3) is 0 Å². The van der Waals surface area contributed by atoms with Gasteiger partial charge in [0.1, 0.15) is 0 Å². The molecule has 1 heterocycles. The Bertz CT molecular complexity index is 286. The Morgan fingerprint density at radius 1 is 1.24 bits per heavy atom. The van der Waals surface area contributed by atoms with Crippen molar-refractivity contribution in [3.8, 4) is 0 Å². The SMILES string of the molecule is C[C@H](NCC1CCCCCCC1)c1cccs1. The number of hydrogen-bond acceptors (Lipinski definition) is 2. The van der Waals surface area contributed by atoms with Gasteiger partial charge >= 0.3 is 0 Å². The minimum atomic E-state index is 0.528. The Balaban J connectivity index is 1.72. The molecule has 0 saturated heterocycles. The van der Waals surface area contributed by atoms with Crippen molar-refractivity contribution in [1.82, 2.24) is 5.32 Å². The van der Waals surface area contributed by atoms with Crippen molar-refractivity contribution in [3.05, 3.63) is 22.4 Å². The van der Waals surface area contributed by atoms with Gasteiger partial charge in [-0.05, 0) is 43.7 Å². The van der Waals surface area contributed by atoms with Gasteiger partial charge in [-0.3, -0.25) is 0 Å². The van der Waals surface area contributed by atoms with Crippen LogP contribution >= 0.6 is 11.3 Å². The summed E-state index contributed by atoms with van der Waals surface area (Å²) in [6.45, 7) is 3.49. The first kappa shape index (κ1) is 13.1. The molecule has 0 aliphatic heterocycles. The van der Waals surface area contributed by atoms with Crippen LogP contribution in [-0.4, -0.2) is 6.54 Å². The molecule has 0 aromatic carbocycles. The average Bonchev–Trinajstić information content (AvgIpc) is 2.80.